The van der Waals surface area contributed by atoms with Gasteiger partial charge in [-0.3, -0.25) is 4.79 Å². The molecule has 0 aromatic heterocycles. The lowest BCUT2D eigenvalue weighted by atomic mass is 10.1. The van der Waals surface area contributed by atoms with E-state index < -0.39 is 0 Å². The van der Waals surface area contributed by atoms with E-state index in [9.17, 15) is 4.79 Å². The summed E-state index contributed by atoms with van der Waals surface area (Å²) < 4.78 is 5.34. The lowest BCUT2D eigenvalue weighted by Gasteiger charge is -2.13. The predicted octanol–water partition coefficient (Wildman–Crippen LogP) is 2.60. The molecule has 0 unspecified atom stereocenters. The zero-order valence-corrected chi connectivity index (χ0v) is 12.3. The lowest BCUT2D eigenvalue weighted by Crippen LogP contribution is -2.20. The number of para-hydroxylation sites is 2. The fourth-order valence-electron chi connectivity index (χ4n) is 2.15. The van der Waals surface area contributed by atoms with Gasteiger partial charge in [0.05, 0.1) is 13.5 Å². The third kappa shape index (κ3) is 3.99. The second-order valence-electron chi connectivity index (χ2n) is 4.67. The highest BCUT2D eigenvalue weighted by Gasteiger charge is 2.07. The Kier molecular flexibility index (Phi) is 5.21. The van der Waals surface area contributed by atoms with E-state index in [1.807, 2.05) is 48.5 Å². The topological polar surface area (TPSA) is 50.4 Å². The average molecular weight is 284 g/mol. The predicted molar refractivity (Wildman–Crippen MR) is 84.5 cm³/mol. The van der Waals surface area contributed by atoms with Gasteiger partial charge in [0, 0.05) is 24.8 Å². The Morgan fingerprint density at radius 2 is 1.71 bits per heavy atom. The number of nitrogens with one attached hydrogen (secondary N) is 2. The summed E-state index contributed by atoms with van der Waals surface area (Å²) in [7, 11) is 3.31. The average Bonchev–Trinajstić information content (AvgIpc) is 2.54. The SMILES string of the molecule is CNC(=O)Cc1ccccc1NCc1ccccc1OC. The van der Waals surface area contributed by atoms with Crippen molar-refractivity contribution in [2.24, 2.45) is 0 Å². The van der Waals surface area contributed by atoms with Gasteiger partial charge in [-0.05, 0) is 17.7 Å². The summed E-state index contributed by atoms with van der Waals surface area (Å²) >= 11 is 0. The molecule has 2 rings (SSSR count). The highest BCUT2D eigenvalue weighted by molar-refractivity contribution is 5.80. The van der Waals surface area contributed by atoms with Crippen LogP contribution < -0.4 is 15.4 Å². The van der Waals surface area contributed by atoms with Gasteiger partial charge in [0.15, 0.2) is 0 Å². The first-order chi connectivity index (χ1) is 10.2. The van der Waals surface area contributed by atoms with Crippen molar-refractivity contribution in [3.8, 4) is 5.75 Å². The van der Waals surface area contributed by atoms with Gasteiger partial charge in [0.25, 0.3) is 0 Å². The third-order valence-corrected chi connectivity index (χ3v) is 3.31. The van der Waals surface area contributed by atoms with E-state index in [0.29, 0.717) is 13.0 Å². The number of carbonyl (C=O) groups is 1. The first kappa shape index (κ1) is 14.9. The minimum Gasteiger partial charge on any atom is -0.496 e. The van der Waals surface area contributed by atoms with Gasteiger partial charge >= 0.3 is 0 Å². The maximum atomic E-state index is 11.5. The number of hydrogen-bond donors (Lipinski definition) is 2. The van der Waals surface area contributed by atoms with Crippen molar-refractivity contribution in [3.63, 3.8) is 0 Å². The van der Waals surface area contributed by atoms with Crippen LogP contribution in [0.25, 0.3) is 0 Å². The van der Waals surface area contributed by atoms with Gasteiger partial charge < -0.3 is 15.4 Å². The number of carbonyl (C=O) groups excluding carboxylic acids is 1. The first-order valence-electron chi connectivity index (χ1n) is 6.89. The Bertz CT molecular complexity index is 611. The van der Waals surface area contributed by atoms with Crippen molar-refractivity contribution in [3.05, 3.63) is 59.7 Å². The minimum atomic E-state index is 0.00143. The van der Waals surface area contributed by atoms with Gasteiger partial charge in [-0.15, -0.1) is 0 Å². The van der Waals surface area contributed by atoms with Crippen LogP contribution in [-0.2, 0) is 17.8 Å². The van der Waals surface area contributed by atoms with Crippen LogP contribution in [0.4, 0.5) is 5.69 Å². The second-order valence-corrected chi connectivity index (χ2v) is 4.67. The highest BCUT2D eigenvalue weighted by Crippen LogP contribution is 2.21. The Morgan fingerprint density at radius 1 is 1.05 bits per heavy atom. The molecule has 0 bridgehead atoms. The number of methoxy groups -OCH3 is 1. The van der Waals surface area contributed by atoms with Crippen LogP contribution in [0.2, 0.25) is 0 Å². The van der Waals surface area contributed by atoms with E-state index in [0.717, 1.165) is 22.6 Å². The Labute approximate surface area is 125 Å². The van der Waals surface area contributed by atoms with Gasteiger partial charge in [-0.1, -0.05) is 36.4 Å². The van der Waals surface area contributed by atoms with E-state index in [4.69, 9.17) is 4.74 Å². The van der Waals surface area contributed by atoms with Crippen molar-refractivity contribution < 1.29 is 9.53 Å². The zero-order chi connectivity index (χ0) is 15.1. The van der Waals surface area contributed by atoms with Gasteiger partial charge in [-0.2, -0.15) is 0 Å². The minimum absolute atomic E-state index is 0.00143. The molecule has 1 amide bonds. The number of hydrogen-bond acceptors (Lipinski definition) is 3. The Balaban J connectivity index is 2.11. The van der Waals surface area contributed by atoms with Crippen LogP contribution in [0.5, 0.6) is 5.75 Å². The maximum absolute atomic E-state index is 11.5. The molecule has 0 aliphatic carbocycles. The summed E-state index contributed by atoms with van der Waals surface area (Å²) in [4.78, 5) is 11.5. The molecule has 0 atom stereocenters. The zero-order valence-electron chi connectivity index (χ0n) is 12.3. The number of rotatable bonds is 6. The first-order valence-corrected chi connectivity index (χ1v) is 6.89. The standard InChI is InChI=1S/C17H20N2O2/c1-18-17(20)11-13-7-3-5-9-15(13)19-12-14-8-4-6-10-16(14)21-2/h3-10,19H,11-12H2,1-2H3,(H,18,20). The highest BCUT2D eigenvalue weighted by atomic mass is 16.5. The molecule has 0 saturated heterocycles. The van der Waals surface area contributed by atoms with E-state index in [2.05, 4.69) is 10.6 Å². The van der Waals surface area contributed by atoms with E-state index in [1.165, 1.54) is 0 Å². The molecule has 0 radical (unpaired) electrons. The van der Waals surface area contributed by atoms with E-state index in [-0.39, 0.29) is 5.91 Å². The molecule has 0 fully saturated rings. The molecule has 4 nitrogen and oxygen atoms in total. The molecular formula is C17H20N2O2. The van der Waals surface area contributed by atoms with Crippen LogP contribution in [0.1, 0.15) is 11.1 Å². The molecule has 0 aliphatic heterocycles. The fourth-order valence-corrected chi connectivity index (χ4v) is 2.15. The van der Waals surface area contributed by atoms with Crippen LogP contribution in [0, 0.1) is 0 Å². The summed E-state index contributed by atoms with van der Waals surface area (Å²) in [6, 6.07) is 15.7. The third-order valence-electron chi connectivity index (χ3n) is 3.31. The molecule has 0 aliphatic rings. The van der Waals surface area contributed by atoms with Crippen LogP contribution in [-0.4, -0.2) is 20.1 Å². The van der Waals surface area contributed by atoms with E-state index >= 15 is 0 Å². The number of amides is 1. The van der Waals surface area contributed by atoms with Crippen molar-refractivity contribution in [1.82, 2.24) is 5.32 Å². The second kappa shape index (κ2) is 7.33. The number of benzene rings is 2. The molecule has 2 aromatic carbocycles. The molecular weight excluding hydrogens is 264 g/mol. The van der Waals surface area contributed by atoms with Crippen LogP contribution in [0.15, 0.2) is 48.5 Å². The largest absolute Gasteiger partial charge is 0.496 e. The quantitative estimate of drug-likeness (QED) is 0.857. The van der Waals surface area contributed by atoms with Crippen LogP contribution >= 0.6 is 0 Å². The summed E-state index contributed by atoms with van der Waals surface area (Å²) in [5.41, 5.74) is 3.02. The van der Waals surface area contributed by atoms with Crippen molar-refractivity contribution in [2.75, 3.05) is 19.5 Å². The van der Waals surface area contributed by atoms with Crippen molar-refractivity contribution in [1.29, 1.82) is 0 Å². The molecule has 2 N–H and O–H groups in total. The van der Waals surface area contributed by atoms with Gasteiger partial charge in [0.1, 0.15) is 5.75 Å². The molecule has 110 valence electrons. The Morgan fingerprint density at radius 3 is 2.43 bits per heavy atom. The maximum Gasteiger partial charge on any atom is 0.224 e. The molecule has 2 aromatic rings. The summed E-state index contributed by atoms with van der Waals surface area (Å²) in [5.74, 6) is 0.857. The van der Waals surface area contributed by atoms with E-state index in [1.54, 1.807) is 14.2 Å². The smallest absolute Gasteiger partial charge is 0.224 e. The van der Waals surface area contributed by atoms with Crippen LogP contribution in [0.3, 0.4) is 0 Å². The van der Waals surface area contributed by atoms with Crippen molar-refractivity contribution in [2.45, 2.75) is 13.0 Å². The molecule has 4 heteroatoms. The summed E-state index contributed by atoms with van der Waals surface area (Å²) in [6.07, 6.45) is 0.367. The normalized spacial score (nSPS) is 10.0. The lowest BCUT2D eigenvalue weighted by molar-refractivity contribution is -0.119. The molecule has 0 heterocycles. The molecule has 0 saturated carbocycles. The number of likely N-dealkylation sites (N-methyl/N-ethyl adjacent to an activating group) is 1. The monoisotopic (exact) mass is 284 g/mol. The number of ether oxygens (including phenoxy) is 1. The van der Waals surface area contributed by atoms with Gasteiger partial charge in [0.2, 0.25) is 5.91 Å². The molecule has 21 heavy (non-hydrogen) atoms. The molecule has 0 spiro atoms. The van der Waals surface area contributed by atoms with Crippen molar-refractivity contribution >= 4 is 11.6 Å². The summed E-state index contributed by atoms with van der Waals surface area (Å²) in [6.45, 7) is 0.648. The Hall–Kier alpha value is -2.49. The fraction of sp³-hybridized carbons (Fsp3) is 0.235. The van der Waals surface area contributed by atoms with Gasteiger partial charge in [-0.25, -0.2) is 0 Å². The number of anilines is 1. The summed E-state index contributed by atoms with van der Waals surface area (Å²) in [5, 5.41) is 6.02.